The molecule has 2 aliphatic rings. The summed E-state index contributed by atoms with van der Waals surface area (Å²) in [6.45, 7) is 2.95. The van der Waals surface area contributed by atoms with E-state index in [4.69, 9.17) is 4.74 Å². The molecule has 0 radical (unpaired) electrons. The minimum Gasteiger partial charge on any atom is -0.376 e. The molecular formula is C17H19N5O2. The third-order valence-corrected chi connectivity index (χ3v) is 4.65. The Bertz CT molecular complexity index is 697. The van der Waals surface area contributed by atoms with Crippen LogP contribution < -0.4 is 5.32 Å². The van der Waals surface area contributed by atoms with Gasteiger partial charge in [0.25, 0.3) is 0 Å². The Morgan fingerprint density at radius 2 is 2.21 bits per heavy atom. The highest BCUT2D eigenvalue weighted by molar-refractivity contribution is 5.92. The Balaban J connectivity index is 1.38. The lowest BCUT2D eigenvalue weighted by Crippen LogP contribution is -2.32. The number of aromatic nitrogens is 3. The first-order valence-electron chi connectivity index (χ1n) is 8.10. The summed E-state index contributed by atoms with van der Waals surface area (Å²) in [6.07, 6.45) is 6.61. The Labute approximate surface area is 140 Å². The fourth-order valence-corrected chi connectivity index (χ4v) is 3.50. The fourth-order valence-electron chi connectivity index (χ4n) is 3.50. The van der Waals surface area contributed by atoms with Crippen molar-refractivity contribution in [2.75, 3.05) is 25.0 Å². The highest BCUT2D eigenvalue weighted by atomic mass is 16.5. The van der Waals surface area contributed by atoms with E-state index in [0.29, 0.717) is 12.4 Å². The van der Waals surface area contributed by atoms with Gasteiger partial charge in [-0.3, -0.25) is 19.7 Å². The van der Waals surface area contributed by atoms with Gasteiger partial charge in [0.15, 0.2) is 5.82 Å². The number of carbonyl (C=O) groups excluding carboxylic acids is 1. The Kier molecular flexibility index (Phi) is 4.18. The molecular weight excluding hydrogens is 306 g/mol. The molecule has 0 unspecified atom stereocenters. The number of amides is 1. The minimum atomic E-state index is -0.147. The van der Waals surface area contributed by atoms with Crippen molar-refractivity contribution in [3.8, 4) is 0 Å². The van der Waals surface area contributed by atoms with Gasteiger partial charge in [-0.1, -0.05) is 6.07 Å². The van der Waals surface area contributed by atoms with Crippen LogP contribution >= 0.6 is 0 Å². The first kappa shape index (κ1) is 15.2. The van der Waals surface area contributed by atoms with Gasteiger partial charge in [-0.05, 0) is 12.1 Å². The van der Waals surface area contributed by atoms with Gasteiger partial charge in [0.05, 0.1) is 30.5 Å². The quantitative estimate of drug-likeness (QED) is 0.902. The van der Waals surface area contributed by atoms with Gasteiger partial charge in [0.1, 0.15) is 0 Å². The maximum Gasteiger partial charge on any atom is 0.231 e. The Hall–Kier alpha value is -2.38. The predicted octanol–water partition coefficient (Wildman–Crippen LogP) is 0.957. The summed E-state index contributed by atoms with van der Waals surface area (Å²) in [4.78, 5) is 27.3. The van der Waals surface area contributed by atoms with Crippen molar-refractivity contribution in [1.29, 1.82) is 0 Å². The lowest BCUT2D eigenvalue weighted by molar-refractivity contribution is -0.120. The second kappa shape index (κ2) is 6.62. The van der Waals surface area contributed by atoms with Gasteiger partial charge < -0.3 is 10.1 Å². The van der Waals surface area contributed by atoms with Crippen molar-refractivity contribution in [2.24, 2.45) is 11.8 Å². The van der Waals surface area contributed by atoms with E-state index in [1.54, 1.807) is 24.8 Å². The molecule has 2 aromatic rings. The minimum absolute atomic E-state index is 0.0392. The number of fused-ring (bicyclic) bond motifs is 1. The van der Waals surface area contributed by atoms with Crippen LogP contribution in [0.2, 0.25) is 0 Å². The molecule has 1 amide bonds. The Morgan fingerprint density at radius 1 is 1.25 bits per heavy atom. The molecule has 124 valence electrons. The van der Waals surface area contributed by atoms with Gasteiger partial charge in [-0.25, -0.2) is 4.98 Å². The van der Waals surface area contributed by atoms with Gasteiger partial charge in [0, 0.05) is 44.1 Å². The molecule has 0 saturated carbocycles. The second-order valence-electron chi connectivity index (χ2n) is 6.24. The molecule has 0 aromatic carbocycles. The lowest BCUT2D eigenvalue weighted by Gasteiger charge is -2.18. The fraction of sp³-hybridized carbons (Fsp3) is 0.412. The standard InChI is InChI=1S/C17H19N5O2/c23-17(21-16-7-18-5-6-20-16)14-11-24-15-10-22(9-13(14)15)8-12-3-1-2-4-19-12/h1-7,13-15H,8-11H2,(H,20,21,23)/t13-,14+,15-/m0/s1. The number of nitrogens with one attached hydrogen (secondary N) is 1. The number of hydrogen-bond acceptors (Lipinski definition) is 6. The van der Waals surface area contributed by atoms with E-state index in [1.165, 1.54) is 0 Å². The van der Waals surface area contributed by atoms with Crippen LogP contribution in [0.1, 0.15) is 5.69 Å². The number of rotatable bonds is 4. The summed E-state index contributed by atoms with van der Waals surface area (Å²) in [5.41, 5.74) is 1.04. The SMILES string of the molecule is O=C(Nc1cnccn1)[C@@H]1CO[C@H]2CN(Cc3ccccn3)C[C@H]21. The molecule has 0 aliphatic carbocycles. The third kappa shape index (κ3) is 3.13. The van der Waals surface area contributed by atoms with Gasteiger partial charge >= 0.3 is 0 Å². The number of nitrogens with zero attached hydrogens (tertiary/aromatic N) is 4. The normalized spacial score (nSPS) is 26.2. The van der Waals surface area contributed by atoms with Crippen LogP contribution in [0.4, 0.5) is 5.82 Å². The highest BCUT2D eigenvalue weighted by Crippen LogP contribution is 2.34. The maximum atomic E-state index is 12.5. The average molecular weight is 325 g/mol. The third-order valence-electron chi connectivity index (χ3n) is 4.65. The van der Waals surface area contributed by atoms with Gasteiger partial charge in [-0.2, -0.15) is 0 Å². The summed E-state index contributed by atoms with van der Waals surface area (Å²) in [6, 6.07) is 5.93. The second-order valence-corrected chi connectivity index (χ2v) is 6.24. The molecule has 2 aliphatic heterocycles. The lowest BCUT2D eigenvalue weighted by atomic mass is 9.92. The van der Waals surface area contributed by atoms with E-state index < -0.39 is 0 Å². The summed E-state index contributed by atoms with van der Waals surface area (Å²) in [5, 5.41) is 2.84. The number of ether oxygens (including phenoxy) is 1. The maximum absolute atomic E-state index is 12.5. The van der Waals surface area contributed by atoms with E-state index in [9.17, 15) is 4.79 Å². The topological polar surface area (TPSA) is 80.2 Å². The van der Waals surface area contributed by atoms with Crippen LogP contribution in [0.15, 0.2) is 43.0 Å². The van der Waals surface area contributed by atoms with Crippen molar-refractivity contribution in [3.63, 3.8) is 0 Å². The summed E-state index contributed by atoms with van der Waals surface area (Å²) >= 11 is 0. The van der Waals surface area contributed by atoms with Gasteiger partial charge in [0.2, 0.25) is 5.91 Å². The first-order valence-corrected chi connectivity index (χ1v) is 8.10. The van der Waals surface area contributed by atoms with E-state index in [0.717, 1.165) is 25.3 Å². The molecule has 0 spiro atoms. The highest BCUT2D eigenvalue weighted by Gasteiger charge is 2.46. The van der Waals surface area contributed by atoms with E-state index >= 15 is 0 Å². The summed E-state index contributed by atoms with van der Waals surface area (Å²) < 4.78 is 5.86. The number of anilines is 1. The zero-order valence-corrected chi connectivity index (χ0v) is 13.2. The average Bonchev–Trinajstić information content (AvgIpc) is 3.16. The molecule has 4 heterocycles. The molecule has 3 atom stereocenters. The van der Waals surface area contributed by atoms with Crippen molar-refractivity contribution in [3.05, 3.63) is 48.7 Å². The zero-order chi connectivity index (χ0) is 16.4. The largest absolute Gasteiger partial charge is 0.376 e. The molecule has 0 bridgehead atoms. The van der Waals surface area contributed by atoms with E-state index in [1.807, 2.05) is 18.2 Å². The van der Waals surface area contributed by atoms with Crippen molar-refractivity contribution >= 4 is 11.7 Å². The van der Waals surface area contributed by atoms with Crippen molar-refractivity contribution < 1.29 is 9.53 Å². The molecule has 2 aromatic heterocycles. The first-order chi connectivity index (χ1) is 11.8. The predicted molar refractivity (Wildman–Crippen MR) is 86.9 cm³/mol. The summed E-state index contributed by atoms with van der Waals surface area (Å²) in [7, 11) is 0. The molecule has 1 N–H and O–H groups in total. The number of carbonyl (C=O) groups is 1. The van der Waals surface area contributed by atoms with E-state index in [-0.39, 0.29) is 23.8 Å². The van der Waals surface area contributed by atoms with Crippen molar-refractivity contribution in [1.82, 2.24) is 19.9 Å². The number of likely N-dealkylation sites (tertiary alicyclic amines) is 1. The van der Waals surface area contributed by atoms with Crippen LogP contribution in [-0.4, -0.2) is 51.6 Å². The molecule has 2 fully saturated rings. The number of pyridine rings is 1. The molecule has 7 nitrogen and oxygen atoms in total. The zero-order valence-electron chi connectivity index (χ0n) is 13.2. The smallest absolute Gasteiger partial charge is 0.231 e. The summed E-state index contributed by atoms with van der Waals surface area (Å²) in [5.74, 6) is 0.507. The van der Waals surface area contributed by atoms with Crippen LogP contribution in [0.5, 0.6) is 0 Å². The number of hydrogen-bond donors (Lipinski definition) is 1. The van der Waals surface area contributed by atoms with Crippen LogP contribution in [0.25, 0.3) is 0 Å². The molecule has 7 heteroatoms. The molecule has 24 heavy (non-hydrogen) atoms. The van der Waals surface area contributed by atoms with Gasteiger partial charge in [-0.15, -0.1) is 0 Å². The monoisotopic (exact) mass is 325 g/mol. The van der Waals surface area contributed by atoms with Crippen molar-refractivity contribution in [2.45, 2.75) is 12.6 Å². The molecule has 4 rings (SSSR count). The van der Waals surface area contributed by atoms with E-state index in [2.05, 4.69) is 25.2 Å². The Morgan fingerprint density at radius 3 is 3.00 bits per heavy atom. The van der Waals surface area contributed by atoms with Crippen LogP contribution in [0, 0.1) is 11.8 Å². The van der Waals surface area contributed by atoms with Crippen LogP contribution in [-0.2, 0) is 16.1 Å². The molecule has 2 saturated heterocycles. The van der Waals surface area contributed by atoms with Crippen LogP contribution in [0.3, 0.4) is 0 Å².